The molecule has 0 atom stereocenters. The summed E-state index contributed by atoms with van der Waals surface area (Å²) in [7, 11) is 0. The SMILES string of the molecule is CCCCCC(=N)c1nc(N)nc(-c2cc(Cl)ccc2Cl)n1. The first-order chi connectivity index (χ1) is 10.5. The smallest absolute Gasteiger partial charge is 0.224 e. The molecule has 0 bridgehead atoms. The van der Waals surface area contributed by atoms with Crippen molar-refractivity contribution >= 4 is 34.9 Å². The molecule has 0 fully saturated rings. The van der Waals surface area contributed by atoms with Crippen LogP contribution >= 0.6 is 23.2 Å². The number of rotatable bonds is 6. The Bertz CT molecular complexity index is 688. The van der Waals surface area contributed by atoms with Gasteiger partial charge in [-0.15, -0.1) is 0 Å². The number of nitrogens with one attached hydrogen (secondary N) is 1. The summed E-state index contributed by atoms with van der Waals surface area (Å²) >= 11 is 12.2. The van der Waals surface area contributed by atoms with E-state index >= 15 is 0 Å². The van der Waals surface area contributed by atoms with Gasteiger partial charge in [0.15, 0.2) is 11.6 Å². The van der Waals surface area contributed by atoms with Crippen molar-refractivity contribution in [2.24, 2.45) is 0 Å². The number of aromatic nitrogens is 3. The highest BCUT2D eigenvalue weighted by molar-refractivity contribution is 6.35. The molecular formula is C15H17Cl2N5. The van der Waals surface area contributed by atoms with Crippen molar-refractivity contribution in [2.75, 3.05) is 5.73 Å². The van der Waals surface area contributed by atoms with Crippen molar-refractivity contribution in [3.63, 3.8) is 0 Å². The van der Waals surface area contributed by atoms with Crippen molar-refractivity contribution in [3.8, 4) is 11.4 Å². The minimum Gasteiger partial charge on any atom is -0.368 e. The molecular weight excluding hydrogens is 321 g/mol. The Labute approximate surface area is 139 Å². The van der Waals surface area contributed by atoms with E-state index in [1.807, 2.05) is 0 Å². The van der Waals surface area contributed by atoms with Crippen molar-refractivity contribution < 1.29 is 0 Å². The zero-order chi connectivity index (χ0) is 16.1. The molecule has 0 amide bonds. The van der Waals surface area contributed by atoms with Crippen LogP contribution < -0.4 is 5.73 Å². The fourth-order valence-electron chi connectivity index (χ4n) is 1.98. The van der Waals surface area contributed by atoms with E-state index in [-0.39, 0.29) is 11.8 Å². The first kappa shape index (κ1) is 16.6. The quantitative estimate of drug-likeness (QED) is 0.604. The van der Waals surface area contributed by atoms with Gasteiger partial charge in [-0.3, -0.25) is 0 Å². The van der Waals surface area contributed by atoms with Gasteiger partial charge in [0, 0.05) is 10.6 Å². The van der Waals surface area contributed by atoms with Crippen LogP contribution in [-0.4, -0.2) is 20.7 Å². The molecule has 0 unspecified atom stereocenters. The van der Waals surface area contributed by atoms with Crippen LogP contribution in [0.15, 0.2) is 18.2 Å². The highest BCUT2D eigenvalue weighted by Gasteiger charge is 2.13. The van der Waals surface area contributed by atoms with E-state index < -0.39 is 0 Å². The minimum atomic E-state index is 0.0660. The number of hydrogen-bond acceptors (Lipinski definition) is 5. The Morgan fingerprint density at radius 2 is 1.95 bits per heavy atom. The molecule has 22 heavy (non-hydrogen) atoms. The second-order valence-corrected chi connectivity index (χ2v) is 5.74. The summed E-state index contributed by atoms with van der Waals surface area (Å²) in [4.78, 5) is 12.5. The molecule has 0 saturated carbocycles. The van der Waals surface area contributed by atoms with Gasteiger partial charge in [0.2, 0.25) is 5.95 Å². The van der Waals surface area contributed by atoms with Crippen LogP contribution in [0.4, 0.5) is 5.95 Å². The zero-order valence-corrected chi connectivity index (χ0v) is 13.7. The number of hydrogen-bond donors (Lipinski definition) is 2. The topological polar surface area (TPSA) is 88.5 Å². The monoisotopic (exact) mass is 337 g/mol. The zero-order valence-electron chi connectivity index (χ0n) is 12.2. The lowest BCUT2D eigenvalue weighted by molar-refractivity contribution is 0.739. The van der Waals surface area contributed by atoms with Crippen molar-refractivity contribution in [1.29, 1.82) is 5.41 Å². The predicted molar refractivity (Wildman–Crippen MR) is 90.7 cm³/mol. The number of benzene rings is 1. The van der Waals surface area contributed by atoms with E-state index in [4.69, 9.17) is 34.3 Å². The predicted octanol–water partition coefficient (Wildman–Crippen LogP) is 4.38. The van der Waals surface area contributed by atoms with Gasteiger partial charge in [-0.25, -0.2) is 4.98 Å². The van der Waals surface area contributed by atoms with Gasteiger partial charge in [0.25, 0.3) is 0 Å². The highest BCUT2D eigenvalue weighted by Crippen LogP contribution is 2.28. The van der Waals surface area contributed by atoms with Crippen LogP contribution in [0.2, 0.25) is 10.0 Å². The molecule has 2 aromatic rings. The molecule has 0 spiro atoms. The number of nitrogens with zero attached hydrogens (tertiary/aromatic N) is 3. The average molecular weight is 338 g/mol. The van der Waals surface area contributed by atoms with Crippen LogP contribution in [0.5, 0.6) is 0 Å². The van der Waals surface area contributed by atoms with Gasteiger partial charge >= 0.3 is 0 Å². The highest BCUT2D eigenvalue weighted by atomic mass is 35.5. The maximum Gasteiger partial charge on any atom is 0.224 e. The van der Waals surface area contributed by atoms with Crippen LogP contribution in [0.25, 0.3) is 11.4 Å². The van der Waals surface area contributed by atoms with Crippen molar-refractivity contribution in [1.82, 2.24) is 15.0 Å². The second-order valence-electron chi connectivity index (χ2n) is 4.90. The first-order valence-electron chi connectivity index (χ1n) is 7.06. The Morgan fingerprint density at radius 1 is 1.18 bits per heavy atom. The van der Waals surface area contributed by atoms with Crippen molar-refractivity contribution in [2.45, 2.75) is 32.6 Å². The summed E-state index contributed by atoms with van der Waals surface area (Å²) in [5.41, 5.74) is 6.67. The number of anilines is 1. The number of nitrogen functional groups attached to an aromatic ring is 1. The summed E-state index contributed by atoms with van der Waals surface area (Å²) in [5, 5.41) is 9.09. The summed E-state index contributed by atoms with van der Waals surface area (Å²) in [6.45, 7) is 2.11. The molecule has 1 aromatic carbocycles. The van der Waals surface area contributed by atoms with Crippen LogP contribution in [0, 0.1) is 5.41 Å². The number of unbranched alkanes of at least 4 members (excludes halogenated alkanes) is 2. The third-order valence-corrected chi connectivity index (χ3v) is 3.69. The Balaban J connectivity index is 2.34. The van der Waals surface area contributed by atoms with E-state index in [0.717, 1.165) is 19.3 Å². The lowest BCUT2D eigenvalue weighted by atomic mass is 10.1. The van der Waals surface area contributed by atoms with Gasteiger partial charge in [0.05, 0.1) is 10.7 Å². The molecule has 0 radical (unpaired) electrons. The van der Waals surface area contributed by atoms with Gasteiger partial charge < -0.3 is 11.1 Å². The summed E-state index contributed by atoms with van der Waals surface area (Å²) < 4.78 is 0. The van der Waals surface area contributed by atoms with Gasteiger partial charge in [-0.2, -0.15) is 9.97 Å². The number of nitrogens with two attached hydrogens (primary N) is 1. The molecule has 3 N–H and O–H groups in total. The molecule has 7 heteroatoms. The molecule has 1 aromatic heterocycles. The Morgan fingerprint density at radius 3 is 2.68 bits per heavy atom. The maximum absolute atomic E-state index is 8.09. The lowest BCUT2D eigenvalue weighted by Gasteiger charge is -2.08. The average Bonchev–Trinajstić information content (AvgIpc) is 2.49. The minimum absolute atomic E-state index is 0.0660. The van der Waals surface area contributed by atoms with E-state index in [1.165, 1.54) is 0 Å². The molecule has 116 valence electrons. The van der Waals surface area contributed by atoms with Crippen LogP contribution in [0.3, 0.4) is 0 Å². The third-order valence-electron chi connectivity index (χ3n) is 3.12. The van der Waals surface area contributed by atoms with Gasteiger partial charge in [0.1, 0.15) is 0 Å². The molecule has 1 heterocycles. The van der Waals surface area contributed by atoms with E-state index in [9.17, 15) is 0 Å². The fraction of sp³-hybridized carbons (Fsp3) is 0.333. The maximum atomic E-state index is 8.09. The second kappa shape index (κ2) is 7.51. The summed E-state index contributed by atoms with van der Waals surface area (Å²) in [5.74, 6) is 0.682. The largest absolute Gasteiger partial charge is 0.368 e. The van der Waals surface area contributed by atoms with E-state index in [2.05, 4.69) is 21.9 Å². The van der Waals surface area contributed by atoms with Crippen molar-refractivity contribution in [3.05, 3.63) is 34.1 Å². The Hall–Kier alpha value is -1.72. The Kier molecular flexibility index (Phi) is 5.69. The first-order valence-corrected chi connectivity index (χ1v) is 7.81. The van der Waals surface area contributed by atoms with Gasteiger partial charge in [-0.1, -0.05) is 43.0 Å². The molecule has 0 aliphatic heterocycles. The summed E-state index contributed by atoms with van der Waals surface area (Å²) in [6.07, 6.45) is 3.69. The van der Waals surface area contributed by atoms with E-state index in [0.29, 0.717) is 33.6 Å². The number of halogens is 2. The fourth-order valence-corrected chi connectivity index (χ4v) is 2.35. The standard InChI is InChI=1S/C15H17Cl2N5/c1-2-3-4-5-12(18)14-20-13(21-15(19)22-14)10-8-9(16)6-7-11(10)17/h6-8,18H,2-5H2,1H3,(H2,19,20,21,22). The van der Waals surface area contributed by atoms with E-state index in [1.54, 1.807) is 18.2 Å². The van der Waals surface area contributed by atoms with Gasteiger partial charge in [-0.05, 0) is 31.0 Å². The van der Waals surface area contributed by atoms with Crippen LogP contribution in [-0.2, 0) is 0 Å². The summed E-state index contributed by atoms with van der Waals surface area (Å²) in [6, 6.07) is 5.03. The van der Waals surface area contributed by atoms with Crippen LogP contribution in [0.1, 0.15) is 38.4 Å². The molecule has 0 aliphatic carbocycles. The molecule has 0 aliphatic rings. The normalized spacial score (nSPS) is 10.7. The molecule has 2 rings (SSSR count). The molecule has 5 nitrogen and oxygen atoms in total. The third kappa shape index (κ3) is 4.15. The lowest BCUT2D eigenvalue weighted by Crippen LogP contribution is -2.11. The molecule has 0 saturated heterocycles.